The number of halogens is 3. The fourth-order valence-electron chi connectivity index (χ4n) is 5.57. The summed E-state index contributed by atoms with van der Waals surface area (Å²) in [7, 11) is 0. The van der Waals surface area contributed by atoms with Gasteiger partial charge in [0.05, 0.1) is 50.4 Å². The van der Waals surface area contributed by atoms with Gasteiger partial charge in [0, 0.05) is 22.3 Å². The monoisotopic (exact) mass is 564 g/mol. The molecule has 0 fully saturated rings. The van der Waals surface area contributed by atoms with Crippen LogP contribution in [0.5, 0.6) is 0 Å². The number of hydrogen-bond donors (Lipinski definition) is 0. The minimum Gasteiger partial charge on any atom is -0.244 e. The van der Waals surface area contributed by atoms with E-state index in [9.17, 15) is 34.2 Å². The molecule has 0 bridgehead atoms. The average molecular weight is 564 g/mol. The standard InChI is InChI=1S/C32H11F3N8/c1-14-2-4-18-20(6-14)26(15(10-36)11-37)30-28(18)40-22-8-23-25(9-24(22)42-30)43-31-27(16(12-38)13-39)21-7-17(32(33,34)35)3-5-19(21)29(31)41-23/h2-9H,1H3. The molecule has 0 saturated heterocycles. The minimum absolute atomic E-state index is 0.0284. The lowest BCUT2D eigenvalue weighted by atomic mass is 9.99. The Morgan fingerprint density at radius 2 is 0.977 bits per heavy atom. The summed E-state index contributed by atoms with van der Waals surface area (Å²) in [6.45, 7) is 1.90. The number of benzene rings is 3. The molecule has 43 heavy (non-hydrogen) atoms. The average Bonchev–Trinajstić information content (AvgIpc) is 3.46. The van der Waals surface area contributed by atoms with Crippen molar-refractivity contribution in [3.05, 3.63) is 93.3 Å². The molecule has 0 aliphatic heterocycles. The summed E-state index contributed by atoms with van der Waals surface area (Å²) < 4.78 is 40.7. The molecule has 200 valence electrons. The van der Waals surface area contributed by atoms with Crippen LogP contribution in [0.15, 0.2) is 59.7 Å². The number of nitrogens with zero attached hydrogens (tertiary/aromatic N) is 8. The molecule has 0 radical (unpaired) electrons. The first kappa shape index (κ1) is 25.5. The fraction of sp³-hybridized carbons (Fsp3) is 0.0625. The highest BCUT2D eigenvalue weighted by Crippen LogP contribution is 2.47. The van der Waals surface area contributed by atoms with E-state index in [2.05, 4.69) is 4.98 Å². The number of aryl methyl sites for hydroxylation is 1. The molecule has 0 saturated carbocycles. The topological polar surface area (TPSA) is 147 Å². The lowest BCUT2D eigenvalue weighted by Crippen LogP contribution is -2.05. The molecule has 0 unspecified atom stereocenters. The van der Waals surface area contributed by atoms with Crippen LogP contribution in [0.25, 0.3) is 55.7 Å². The quantitative estimate of drug-likeness (QED) is 0.149. The molecular formula is C32H11F3N8. The maximum atomic E-state index is 13.6. The van der Waals surface area contributed by atoms with Crippen LogP contribution in [0.3, 0.4) is 0 Å². The number of alkyl halides is 3. The van der Waals surface area contributed by atoms with Crippen LogP contribution < -0.4 is 0 Å². The Kier molecular flexibility index (Phi) is 5.22. The van der Waals surface area contributed by atoms with Gasteiger partial charge in [-0.15, -0.1) is 0 Å². The van der Waals surface area contributed by atoms with E-state index in [-0.39, 0.29) is 28.1 Å². The van der Waals surface area contributed by atoms with Crippen LogP contribution in [0.4, 0.5) is 13.2 Å². The molecule has 7 rings (SSSR count). The predicted octanol–water partition coefficient (Wildman–Crippen LogP) is 6.56. The van der Waals surface area contributed by atoms with Gasteiger partial charge in [-0.05, 0) is 42.3 Å². The fourth-order valence-corrected chi connectivity index (χ4v) is 5.57. The molecule has 5 aromatic rings. The van der Waals surface area contributed by atoms with Crippen molar-refractivity contribution in [3.63, 3.8) is 0 Å². The number of hydrogen-bond acceptors (Lipinski definition) is 8. The van der Waals surface area contributed by atoms with Crippen LogP contribution in [0.1, 0.15) is 33.6 Å². The van der Waals surface area contributed by atoms with Gasteiger partial charge in [0.25, 0.3) is 0 Å². The van der Waals surface area contributed by atoms with E-state index in [1.165, 1.54) is 6.07 Å². The van der Waals surface area contributed by atoms with Gasteiger partial charge in [-0.2, -0.15) is 34.2 Å². The second-order valence-electron chi connectivity index (χ2n) is 9.93. The van der Waals surface area contributed by atoms with Gasteiger partial charge in [0.1, 0.15) is 35.4 Å². The third-order valence-corrected chi connectivity index (χ3v) is 7.44. The van der Waals surface area contributed by atoms with Crippen LogP contribution in [0, 0.1) is 52.2 Å². The Morgan fingerprint density at radius 3 is 1.42 bits per heavy atom. The van der Waals surface area contributed by atoms with E-state index in [0.717, 1.165) is 23.3 Å². The number of allylic oxidation sites excluding steroid dienone is 2. The maximum absolute atomic E-state index is 13.6. The number of aromatic nitrogens is 4. The minimum atomic E-state index is -4.64. The largest absolute Gasteiger partial charge is 0.416 e. The molecule has 8 nitrogen and oxygen atoms in total. The third-order valence-electron chi connectivity index (χ3n) is 7.44. The predicted molar refractivity (Wildman–Crippen MR) is 148 cm³/mol. The van der Waals surface area contributed by atoms with E-state index in [1.54, 1.807) is 24.3 Å². The molecule has 0 atom stereocenters. The highest BCUT2D eigenvalue weighted by atomic mass is 19.4. The van der Waals surface area contributed by atoms with Gasteiger partial charge in [0.15, 0.2) is 0 Å². The number of rotatable bonds is 0. The summed E-state index contributed by atoms with van der Waals surface area (Å²) in [6.07, 6.45) is -4.64. The highest BCUT2D eigenvalue weighted by Gasteiger charge is 2.36. The zero-order valence-corrected chi connectivity index (χ0v) is 21.8. The Hall–Kier alpha value is -6.43. The zero-order chi connectivity index (χ0) is 30.2. The Labute approximate surface area is 240 Å². The molecule has 0 spiro atoms. The van der Waals surface area contributed by atoms with Crippen molar-refractivity contribution in [3.8, 4) is 46.8 Å². The van der Waals surface area contributed by atoms with Crippen molar-refractivity contribution in [2.24, 2.45) is 0 Å². The van der Waals surface area contributed by atoms with Crippen molar-refractivity contribution >= 4 is 33.2 Å². The second-order valence-corrected chi connectivity index (χ2v) is 9.93. The van der Waals surface area contributed by atoms with Crippen LogP contribution in [-0.2, 0) is 6.18 Å². The number of nitriles is 4. The normalized spacial score (nSPS) is 12.5. The first-order valence-corrected chi connectivity index (χ1v) is 12.6. The molecule has 3 aromatic carbocycles. The van der Waals surface area contributed by atoms with E-state index in [0.29, 0.717) is 50.2 Å². The molecule has 0 N–H and O–H groups in total. The van der Waals surface area contributed by atoms with Gasteiger partial charge >= 0.3 is 6.18 Å². The Bertz CT molecular complexity index is 2360. The molecular weight excluding hydrogens is 553 g/mol. The summed E-state index contributed by atoms with van der Waals surface area (Å²) in [6, 6.07) is 19.4. The van der Waals surface area contributed by atoms with Crippen molar-refractivity contribution in [2.75, 3.05) is 0 Å². The van der Waals surface area contributed by atoms with E-state index in [1.807, 2.05) is 37.3 Å². The molecule has 2 aliphatic rings. The van der Waals surface area contributed by atoms with E-state index in [4.69, 9.17) is 15.0 Å². The van der Waals surface area contributed by atoms with Crippen molar-refractivity contribution in [2.45, 2.75) is 13.1 Å². The van der Waals surface area contributed by atoms with Crippen molar-refractivity contribution in [1.82, 2.24) is 19.9 Å². The van der Waals surface area contributed by atoms with E-state index < -0.39 is 17.3 Å². The summed E-state index contributed by atoms with van der Waals surface area (Å²) >= 11 is 0. The molecule has 11 heteroatoms. The lowest BCUT2D eigenvalue weighted by Gasteiger charge is -2.09. The molecule has 2 aliphatic carbocycles. The first-order chi connectivity index (χ1) is 20.7. The molecule has 0 amide bonds. The van der Waals surface area contributed by atoms with E-state index >= 15 is 0 Å². The summed E-state index contributed by atoms with van der Waals surface area (Å²) in [5.41, 5.74) is 4.29. The van der Waals surface area contributed by atoms with Gasteiger partial charge in [0.2, 0.25) is 0 Å². The maximum Gasteiger partial charge on any atom is 0.416 e. The lowest BCUT2D eigenvalue weighted by molar-refractivity contribution is -0.137. The van der Waals surface area contributed by atoms with Gasteiger partial charge in [-0.3, -0.25) is 0 Å². The van der Waals surface area contributed by atoms with Crippen LogP contribution >= 0.6 is 0 Å². The van der Waals surface area contributed by atoms with Gasteiger partial charge in [-0.25, -0.2) is 19.9 Å². The second kappa shape index (κ2) is 8.78. The summed E-state index contributed by atoms with van der Waals surface area (Å²) in [5, 5.41) is 38.7. The number of fused-ring (bicyclic) bond motifs is 8. The molecule has 2 aromatic heterocycles. The van der Waals surface area contributed by atoms with Crippen molar-refractivity contribution < 1.29 is 13.2 Å². The van der Waals surface area contributed by atoms with Crippen molar-refractivity contribution in [1.29, 1.82) is 21.0 Å². The molecule has 2 heterocycles. The Morgan fingerprint density at radius 1 is 0.558 bits per heavy atom. The third kappa shape index (κ3) is 3.60. The smallest absolute Gasteiger partial charge is 0.244 e. The van der Waals surface area contributed by atoms with Crippen LogP contribution in [0.2, 0.25) is 0 Å². The summed E-state index contributed by atoms with van der Waals surface area (Å²) in [5.74, 6) is 0. The van der Waals surface area contributed by atoms with Gasteiger partial charge < -0.3 is 0 Å². The Balaban J connectivity index is 1.51. The van der Waals surface area contributed by atoms with Gasteiger partial charge in [-0.1, -0.05) is 29.8 Å². The highest BCUT2D eigenvalue weighted by molar-refractivity contribution is 6.06. The summed E-state index contributed by atoms with van der Waals surface area (Å²) in [4.78, 5) is 18.9. The first-order valence-electron chi connectivity index (χ1n) is 12.6. The van der Waals surface area contributed by atoms with Crippen LogP contribution in [-0.4, -0.2) is 19.9 Å². The zero-order valence-electron chi connectivity index (χ0n) is 21.8. The SMILES string of the molecule is Cc1ccc2c(c1)C(=C(C#N)C#N)c1nc3cc4nc5c(nc4cc3nc1-2)-c1ccc(C(F)(F)F)cc1C5=C(C#N)C#N.